The zero-order valence-electron chi connectivity index (χ0n) is 14.0. The number of nitrogens with zero attached hydrogens (tertiary/aromatic N) is 1. The van der Waals surface area contributed by atoms with Gasteiger partial charge in [0, 0.05) is 28.9 Å². The molecule has 0 bridgehead atoms. The lowest BCUT2D eigenvalue weighted by atomic mass is 10.1. The molecule has 0 aliphatic rings. The number of rotatable bonds is 7. The van der Waals surface area contributed by atoms with Gasteiger partial charge in [0.05, 0.1) is 0 Å². The van der Waals surface area contributed by atoms with Crippen molar-refractivity contribution < 1.29 is 19.5 Å². The molecule has 4 N–H and O–H groups in total. The number of hydrogen-bond acceptors (Lipinski definition) is 3. The van der Waals surface area contributed by atoms with Crippen LogP contribution >= 0.6 is 11.6 Å². The second kappa shape index (κ2) is 7.57. The van der Waals surface area contributed by atoms with Crippen molar-refractivity contribution >= 4 is 40.3 Å². The summed E-state index contributed by atoms with van der Waals surface area (Å²) >= 11 is 6.04. The van der Waals surface area contributed by atoms with Crippen LogP contribution in [0.15, 0.2) is 18.2 Å². The van der Waals surface area contributed by atoms with E-state index in [9.17, 15) is 19.5 Å². The van der Waals surface area contributed by atoms with Crippen LogP contribution in [0.3, 0.4) is 0 Å². The number of aryl methyl sites for hydroxylation is 2. The molecule has 0 fully saturated rings. The van der Waals surface area contributed by atoms with Crippen molar-refractivity contribution in [2.75, 3.05) is 0 Å². The van der Waals surface area contributed by atoms with Crippen LogP contribution in [-0.4, -0.2) is 33.5 Å². The third-order valence-corrected chi connectivity index (χ3v) is 4.33. The summed E-state index contributed by atoms with van der Waals surface area (Å²) in [6.45, 7) is 4.22. The van der Waals surface area contributed by atoms with Crippen LogP contribution in [0.5, 0.6) is 0 Å². The van der Waals surface area contributed by atoms with Gasteiger partial charge in [-0.3, -0.25) is 9.59 Å². The summed E-state index contributed by atoms with van der Waals surface area (Å²) in [6.07, 6.45) is -0.184. The van der Waals surface area contributed by atoms with Crippen molar-refractivity contribution in [3.05, 3.63) is 34.5 Å². The predicted molar refractivity (Wildman–Crippen MR) is 94.7 cm³/mol. The maximum atomic E-state index is 12.7. The Balaban J connectivity index is 2.39. The summed E-state index contributed by atoms with van der Waals surface area (Å²) in [6, 6.07) is 4.15. The molecule has 1 aromatic heterocycles. The van der Waals surface area contributed by atoms with Crippen LogP contribution in [0.4, 0.5) is 0 Å². The second-order valence-electron chi connectivity index (χ2n) is 5.75. The lowest BCUT2D eigenvalue weighted by Crippen LogP contribution is -2.42. The molecule has 8 heteroatoms. The number of carboxylic acids is 1. The highest BCUT2D eigenvalue weighted by Gasteiger charge is 2.25. The molecule has 0 spiro atoms. The number of carbonyl (C=O) groups is 3. The topological polar surface area (TPSA) is 114 Å². The molecule has 1 unspecified atom stereocenters. The smallest absolute Gasteiger partial charge is 0.326 e. The molecule has 0 radical (unpaired) electrons. The normalized spacial score (nSPS) is 12.1. The van der Waals surface area contributed by atoms with E-state index in [2.05, 4.69) is 5.32 Å². The zero-order chi connectivity index (χ0) is 18.7. The third kappa shape index (κ3) is 3.93. The molecule has 1 atom stereocenters. The largest absolute Gasteiger partial charge is 0.480 e. The van der Waals surface area contributed by atoms with Crippen LogP contribution in [0, 0.1) is 6.92 Å². The van der Waals surface area contributed by atoms with Gasteiger partial charge < -0.3 is 20.7 Å². The highest BCUT2D eigenvalue weighted by Crippen LogP contribution is 2.28. The molecule has 0 saturated carbocycles. The maximum Gasteiger partial charge on any atom is 0.326 e. The minimum absolute atomic E-state index is 0.0619. The number of aromatic nitrogens is 1. The summed E-state index contributed by atoms with van der Waals surface area (Å²) in [5.74, 6) is -2.34. The predicted octanol–water partition coefficient (Wildman–Crippen LogP) is 2.07. The molecule has 2 amide bonds. The standard InChI is InChI=1S/C17H20ClN3O4/c1-3-21-13-6-4-10(18)8-11(13)9(2)15(21)16(23)20-12(17(24)25)5-7-14(19)22/h4,6,8,12H,3,5,7H2,1-2H3,(H2,19,22)(H,20,23)(H,24,25). The third-order valence-electron chi connectivity index (χ3n) is 4.09. The number of halogens is 1. The maximum absolute atomic E-state index is 12.7. The molecule has 0 aliphatic heterocycles. The van der Waals surface area contributed by atoms with Gasteiger partial charge in [0.1, 0.15) is 11.7 Å². The van der Waals surface area contributed by atoms with E-state index in [1.165, 1.54) is 0 Å². The highest BCUT2D eigenvalue weighted by molar-refractivity contribution is 6.31. The second-order valence-corrected chi connectivity index (χ2v) is 6.19. The minimum Gasteiger partial charge on any atom is -0.480 e. The first kappa shape index (κ1) is 18.8. The summed E-state index contributed by atoms with van der Waals surface area (Å²) < 4.78 is 1.81. The first-order valence-corrected chi connectivity index (χ1v) is 8.24. The molecule has 2 aromatic rings. The molecular formula is C17H20ClN3O4. The Hall–Kier alpha value is -2.54. The first-order chi connectivity index (χ1) is 11.8. The molecule has 0 aliphatic carbocycles. The fraction of sp³-hybridized carbons (Fsp3) is 0.353. The Morgan fingerprint density at radius 2 is 2.04 bits per heavy atom. The van der Waals surface area contributed by atoms with Gasteiger partial charge in [-0.15, -0.1) is 0 Å². The van der Waals surface area contributed by atoms with E-state index in [1.54, 1.807) is 19.1 Å². The summed E-state index contributed by atoms with van der Waals surface area (Å²) in [5.41, 5.74) is 7.00. The van der Waals surface area contributed by atoms with Crippen molar-refractivity contribution in [2.24, 2.45) is 5.73 Å². The van der Waals surface area contributed by atoms with E-state index in [0.29, 0.717) is 17.3 Å². The van der Waals surface area contributed by atoms with Gasteiger partial charge in [-0.1, -0.05) is 11.6 Å². The van der Waals surface area contributed by atoms with Gasteiger partial charge >= 0.3 is 5.97 Å². The Morgan fingerprint density at radius 1 is 1.36 bits per heavy atom. The van der Waals surface area contributed by atoms with Crippen molar-refractivity contribution in [3.8, 4) is 0 Å². The molecule has 2 rings (SSSR count). The van der Waals surface area contributed by atoms with Gasteiger partial charge in [-0.05, 0) is 44.0 Å². The van der Waals surface area contributed by atoms with E-state index in [4.69, 9.17) is 17.3 Å². The van der Waals surface area contributed by atoms with E-state index in [-0.39, 0.29) is 12.8 Å². The molecule has 1 heterocycles. The fourth-order valence-corrected chi connectivity index (χ4v) is 3.06. The van der Waals surface area contributed by atoms with Gasteiger partial charge in [0.2, 0.25) is 5.91 Å². The van der Waals surface area contributed by atoms with Crippen molar-refractivity contribution in [3.63, 3.8) is 0 Å². The van der Waals surface area contributed by atoms with Crippen LogP contribution in [0.25, 0.3) is 10.9 Å². The summed E-state index contributed by atoms with van der Waals surface area (Å²) in [4.78, 5) is 34.9. The lowest BCUT2D eigenvalue weighted by Gasteiger charge is -2.15. The molecular weight excluding hydrogens is 346 g/mol. The fourth-order valence-electron chi connectivity index (χ4n) is 2.89. The molecule has 25 heavy (non-hydrogen) atoms. The average molecular weight is 366 g/mol. The Morgan fingerprint density at radius 3 is 2.60 bits per heavy atom. The Bertz CT molecular complexity index is 844. The first-order valence-electron chi connectivity index (χ1n) is 7.86. The number of carbonyl (C=O) groups excluding carboxylic acids is 2. The van der Waals surface area contributed by atoms with E-state index >= 15 is 0 Å². The van der Waals surface area contributed by atoms with Crippen molar-refractivity contribution in [1.29, 1.82) is 0 Å². The molecule has 134 valence electrons. The Kier molecular flexibility index (Phi) is 5.69. The van der Waals surface area contributed by atoms with Crippen LogP contribution in [-0.2, 0) is 16.1 Å². The average Bonchev–Trinajstić information content (AvgIpc) is 2.82. The number of nitrogens with one attached hydrogen (secondary N) is 1. The number of aliphatic carboxylic acids is 1. The number of fused-ring (bicyclic) bond motifs is 1. The number of nitrogens with two attached hydrogens (primary N) is 1. The number of carboxylic acid groups (broad SMARTS) is 1. The monoisotopic (exact) mass is 365 g/mol. The van der Waals surface area contributed by atoms with Crippen molar-refractivity contribution in [2.45, 2.75) is 39.3 Å². The SMILES string of the molecule is CCn1c(C(=O)NC(CCC(N)=O)C(=O)O)c(C)c2cc(Cl)ccc21. The highest BCUT2D eigenvalue weighted by atomic mass is 35.5. The molecule has 1 aromatic carbocycles. The van der Waals surface area contributed by atoms with Crippen LogP contribution < -0.4 is 11.1 Å². The van der Waals surface area contributed by atoms with E-state index in [0.717, 1.165) is 16.5 Å². The van der Waals surface area contributed by atoms with E-state index < -0.39 is 23.8 Å². The number of amides is 2. The summed E-state index contributed by atoms with van der Waals surface area (Å²) in [7, 11) is 0. The van der Waals surface area contributed by atoms with Crippen molar-refractivity contribution in [1.82, 2.24) is 9.88 Å². The minimum atomic E-state index is -1.21. The van der Waals surface area contributed by atoms with Gasteiger partial charge in [0.25, 0.3) is 5.91 Å². The Labute approximate surface area is 149 Å². The van der Waals surface area contributed by atoms with Gasteiger partial charge in [-0.25, -0.2) is 4.79 Å². The van der Waals surface area contributed by atoms with Gasteiger partial charge in [0.15, 0.2) is 0 Å². The molecule has 7 nitrogen and oxygen atoms in total. The van der Waals surface area contributed by atoms with Gasteiger partial charge in [-0.2, -0.15) is 0 Å². The summed E-state index contributed by atoms with van der Waals surface area (Å²) in [5, 5.41) is 13.1. The number of primary amides is 1. The van der Waals surface area contributed by atoms with Crippen LogP contribution in [0.1, 0.15) is 35.8 Å². The van der Waals surface area contributed by atoms with E-state index in [1.807, 2.05) is 17.6 Å². The molecule has 0 saturated heterocycles. The number of benzene rings is 1. The van der Waals surface area contributed by atoms with Crippen LogP contribution in [0.2, 0.25) is 5.02 Å². The zero-order valence-corrected chi connectivity index (χ0v) is 14.8. The quantitative estimate of drug-likeness (QED) is 0.696. The lowest BCUT2D eigenvalue weighted by molar-refractivity contribution is -0.139. The number of hydrogen-bond donors (Lipinski definition) is 3.